The van der Waals surface area contributed by atoms with Crippen molar-refractivity contribution in [2.75, 3.05) is 13.7 Å². The summed E-state index contributed by atoms with van der Waals surface area (Å²) in [6.07, 6.45) is 3.63. The van der Waals surface area contributed by atoms with Crippen LogP contribution in [0.25, 0.3) is 0 Å². The molecule has 6 heteroatoms. The molecule has 1 unspecified atom stereocenters. The van der Waals surface area contributed by atoms with Crippen LogP contribution >= 0.6 is 0 Å². The zero-order valence-electron chi connectivity index (χ0n) is 12.0. The third-order valence-electron chi connectivity index (χ3n) is 3.12. The molecule has 114 valence electrons. The van der Waals surface area contributed by atoms with E-state index in [4.69, 9.17) is 19.3 Å². The molecule has 0 bridgehead atoms. The Labute approximate surface area is 123 Å². The number of hydrogen-bond donors (Lipinski definition) is 1. The number of rotatable bonds is 8. The third kappa shape index (κ3) is 4.47. The van der Waals surface area contributed by atoms with Crippen LogP contribution in [0.4, 0.5) is 0 Å². The SMILES string of the molecule is COCCC(N)C(=O)N(Cc1ccco1)Cc1ccco1. The van der Waals surface area contributed by atoms with Crippen LogP contribution in [0.5, 0.6) is 0 Å². The molecule has 0 fully saturated rings. The lowest BCUT2D eigenvalue weighted by Gasteiger charge is -2.24. The summed E-state index contributed by atoms with van der Waals surface area (Å²) >= 11 is 0. The second-order valence-corrected chi connectivity index (χ2v) is 4.74. The van der Waals surface area contributed by atoms with E-state index in [9.17, 15) is 4.79 Å². The van der Waals surface area contributed by atoms with Gasteiger partial charge < -0.3 is 24.2 Å². The number of nitrogens with zero attached hydrogens (tertiary/aromatic N) is 1. The molecule has 2 aromatic rings. The van der Waals surface area contributed by atoms with E-state index in [-0.39, 0.29) is 5.91 Å². The number of amides is 1. The van der Waals surface area contributed by atoms with Gasteiger partial charge in [0.1, 0.15) is 11.5 Å². The summed E-state index contributed by atoms with van der Waals surface area (Å²) in [5.74, 6) is 1.25. The van der Waals surface area contributed by atoms with E-state index in [0.717, 1.165) is 0 Å². The molecule has 0 radical (unpaired) electrons. The zero-order chi connectivity index (χ0) is 15.1. The van der Waals surface area contributed by atoms with Crippen molar-refractivity contribution >= 4 is 5.91 Å². The second-order valence-electron chi connectivity index (χ2n) is 4.74. The van der Waals surface area contributed by atoms with Crippen LogP contribution in [0.1, 0.15) is 17.9 Å². The molecule has 0 saturated heterocycles. The minimum Gasteiger partial charge on any atom is -0.467 e. The second kappa shape index (κ2) is 7.66. The van der Waals surface area contributed by atoms with Crippen molar-refractivity contribution in [2.45, 2.75) is 25.6 Å². The predicted molar refractivity (Wildman–Crippen MR) is 76.1 cm³/mol. The Morgan fingerprint density at radius 2 is 1.81 bits per heavy atom. The van der Waals surface area contributed by atoms with Gasteiger partial charge in [0, 0.05) is 13.7 Å². The van der Waals surface area contributed by atoms with Crippen LogP contribution < -0.4 is 5.73 Å². The van der Waals surface area contributed by atoms with Gasteiger partial charge in [-0.15, -0.1) is 0 Å². The fraction of sp³-hybridized carbons (Fsp3) is 0.400. The Hall–Kier alpha value is -2.05. The maximum absolute atomic E-state index is 12.5. The van der Waals surface area contributed by atoms with Crippen LogP contribution in [-0.2, 0) is 22.6 Å². The molecular formula is C15H20N2O4. The van der Waals surface area contributed by atoms with Crippen LogP contribution in [0, 0.1) is 0 Å². The lowest BCUT2D eigenvalue weighted by Crippen LogP contribution is -2.43. The highest BCUT2D eigenvalue weighted by molar-refractivity contribution is 5.81. The highest BCUT2D eigenvalue weighted by Crippen LogP contribution is 2.13. The van der Waals surface area contributed by atoms with Crippen LogP contribution in [0.3, 0.4) is 0 Å². The van der Waals surface area contributed by atoms with Crippen molar-refractivity contribution < 1.29 is 18.4 Å². The van der Waals surface area contributed by atoms with Crippen molar-refractivity contribution in [3.8, 4) is 0 Å². The number of carbonyl (C=O) groups excluding carboxylic acids is 1. The standard InChI is InChI=1S/C15H20N2O4/c1-19-9-6-14(16)15(18)17(10-12-4-2-7-20-12)11-13-5-3-8-21-13/h2-5,7-8,14H,6,9-11,16H2,1H3. The van der Waals surface area contributed by atoms with Gasteiger partial charge in [0.05, 0.1) is 31.7 Å². The topological polar surface area (TPSA) is 81.8 Å². The predicted octanol–water partition coefficient (Wildman–Crippen LogP) is 1.77. The van der Waals surface area contributed by atoms with E-state index >= 15 is 0 Å². The lowest BCUT2D eigenvalue weighted by molar-refractivity contribution is -0.134. The number of hydrogen-bond acceptors (Lipinski definition) is 5. The van der Waals surface area contributed by atoms with E-state index in [1.807, 2.05) is 12.1 Å². The van der Waals surface area contributed by atoms with Gasteiger partial charge in [-0.3, -0.25) is 4.79 Å². The average molecular weight is 292 g/mol. The van der Waals surface area contributed by atoms with Gasteiger partial charge in [0.15, 0.2) is 0 Å². The highest BCUT2D eigenvalue weighted by Gasteiger charge is 2.22. The molecule has 0 aliphatic carbocycles. The average Bonchev–Trinajstić information content (AvgIpc) is 3.16. The molecule has 1 atom stereocenters. The first-order chi connectivity index (χ1) is 10.2. The van der Waals surface area contributed by atoms with E-state index in [0.29, 0.717) is 37.6 Å². The number of methoxy groups -OCH3 is 1. The first-order valence-corrected chi connectivity index (χ1v) is 6.78. The van der Waals surface area contributed by atoms with Crippen LogP contribution in [0.15, 0.2) is 45.6 Å². The van der Waals surface area contributed by atoms with Crippen molar-refractivity contribution in [2.24, 2.45) is 5.73 Å². The molecular weight excluding hydrogens is 272 g/mol. The number of carbonyl (C=O) groups is 1. The summed E-state index contributed by atoms with van der Waals surface area (Å²) in [6.45, 7) is 1.16. The molecule has 6 nitrogen and oxygen atoms in total. The molecule has 2 N–H and O–H groups in total. The molecule has 1 amide bonds. The number of ether oxygens (including phenoxy) is 1. The van der Waals surface area contributed by atoms with Gasteiger partial charge in [-0.25, -0.2) is 0 Å². The molecule has 2 aromatic heterocycles. The van der Waals surface area contributed by atoms with E-state index in [1.165, 1.54) is 0 Å². The molecule has 0 spiro atoms. The van der Waals surface area contributed by atoms with E-state index in [2.05, 4.69) is 0 Å². The largest absolute Gasteiger partial charge is 0.467 e. The summed E-state index contributed by atoms with van der Waals surface area (Å²) in [5, 5.41) is 0. The van der Waals surface area contributed by atoms with Crippen molar-refractivity contribution in [3.05, 3.63) is 48.3 Å². The van der Waals surface area contributed by atoms with Crippen molar-refractivity contribution in [1.82, 2.24) is 4.90 Å². The summed E-state index contributed by atoms with van der Waals surface area (Å²) in [6, 6.07) is 6.62. The quantitative estimate of drug-likeness (QED) is 0.801. The monoisotopic (exact) mass is 292 g/mol. The van der Waals surface area contributed by atoms with Gasteiger partial charge in [-0.05, 0) is 30.7 Å². The van der Waals surface area contributed by atoms with E-state index < -0.39 is 6.04 Å². The molecule has 0 aromatic carbocycles. The van der Waals surface area contributed by atoms with Gasteiger partial charge >= 0.3 is 0 Å². The zero-order valence-corrected chi connectivity index (χ0v) is 12.0. The van der Waals surface area contributed by atoms with Crippen molar-refractivity contribution in [3.63, 3.8) is 0 Å². The van der Waals surface area contributed by atoms with Gasteiger partial charge in [0.25, 0.3) is 0 Å². The maximum atomic E-state index is 12.5. The third-order valence-corrected chi connectivity index (χ3v) is 3.12. The van der Waals surface area contributed by atoms with Gasteiger partial charge in [-0.1, -0.05) is 0 Å². The smallest absolute Gasteiger partial charge is 0.240 e. The molecule has 2 rings (SSSR count). The summed E-state index contributed by atoms with van der Waals surface area (Å²) in [7, 11) is 1.58. The van der Waals surface area contributed by atoms with Gasteiger partial charge in [0.2, 0.25) is 5.91 Å². The fourth-order valence-electron chi connectivity index (χ4n) is 2.00. The number of furan rings is 2. The Morgan fingerprint density at radius 1 is 1.24 bits per heavy atom. The normalized spacial score (nSPS) is 12.3. The maximum Gasteiger partial charge on any atom is 0.240 e. The Balaban J connectivity index is 2.04. The molecule has 2 heterocycles. The molecule has 0 aliphatic heterocycles. The minimum atomic E-state index is -0.602. The van der Waals surface area contributed by atoms with Crippen molar-refractivity contribution in [1.29, 1.82) is 0 Å². The Morgan fingerprint density at radius 3 is 2.24 bits per heavy atom. The summed E-state index contributed by atoms with van der Waals surface area (Å²) < 4.78 is 15.6. The first-order valence-electron chi connectivity index (χ1n) is 6.78. The molecule has 0 aliphatic rings. The highest BCUT2D eigenvalue weighted by atomic mass is 16.5. The number of nitrogens with two attached hydrogens (primary N) is 1. The lowest BCUT2D eigenvalue weighted by atomic mass is 10.2. The Bertz CT molecular complexity index is 486. The van der Waals surface area contributed by atoms with Crippen LogP contribution in [0.2, 0.25) is 0 Å². The van der Waals surface area contributed by atoms with E-state index in [1.54, 1.807) is 36.7 Å². The molecule has 21 heavy (non-hydrogen) atoms. The summed E-state index contributed by atoms with van der Waals surface area (Å²) in [5.41, 5.74) is 5.93. The summed E-state index contributed by atoms with van der Waals surface area (Å²) in [4.78, 5) is 14.1. The van der Waals surface area contributed by atoms with Crippen LogP contribution in [-0.4, -0.2) is 30.6 Å². The minimum absolute atomic E-state index is 0.153. The first kappa shape index (κ1) is 15.3. The Kier molecular flexibility index (Phi) is 5.59. The van der Waals surface area contributed by atoms with Gasteiger partial charge in [-0.2, -0.15) is 0 Å². The molecule has 0 saturated carbocycles. The fourth-order valence-corrected chi connectivity index (χ4v) is 2.00.